The van der Waals surface area contributed by atoms with Crippen molar-refractivity contribution in [1.29, 1.82) is 0 Å². The second kappa shape index (κ2) is 6.27. The van der Waals surface area contributed by atoms with Gasteiger partial charge in [-0.3, -0.25) is 5.73 Å². The fourth-order valence-corrected chi connectivity index (χ4v) is 2.45. The van der Waals surface area contributed by atoms with E-state index in [1.807, 2.05) is 6.92 Å². The minimum absolute atomic E-state index is 0.730. The normalized spacial score (nSPS) is 23.8. The molecule has 1 aromatic rings. The molecule has 0 bridgehead atoms. The number of aryl methyl sites for hydroxylation is 1. The molecular weight excluding hydrogens is 246 g/mol. The summed E-state index contributed by atoms with van der Waals surface area (Å²) in [6.45, 7) is 6.28. The Kier molecular flexibility index (Phi) is 4.66. The van der Waals surface area contributed by atoms with E-state index in [2.05, 4.69) is 50.3 Å². The topological polar surface area (TPSA) is 35.2 Å². The van der Waals surface area contributed by atoms with Crippen LogP contribution in [-0.2, 0) is 11.2 Å². The largest absolute Gasteiger partial charge is 0.469 e. The Morgan fingerprint density at radius 3 is 2.50 bits per heavy atom. The van der Waals surface area contributed by atoms with Gasteiger partial charge in [0, 0.05) is 5.57 Å². The maximum atomic E-state index is 6.29. The van der Waals surface area contributed by atoms with Crippen molar-refractivity contribution in [1.82, 2.24) is 0 Å². The molecule has 0 radical (unpaired) electrons. The van der Waals surface area contributed by atoms with Crippen LogP contribution >= 0.6 is 0 Å². The highest BCUT2D eigenvalue weighted by molar-refractivity contribution is 5.75. The van der Waals surface area contributed by atoms with Crippen molar-refractivity contribution in [3.63, 3.8) is 0 Å². The van der Waals surface area contributed by atoms with Crippen LogP contribution in [0.25, 0.3) is 5.57 Å². The SMILES string of the molecule is CCCC/C=C1/C=C(c2ccc(CC)cc2)C(C)(N)O1. The lowest BCUT2D eigenvalue weighted by Gasteiger charge is -2.23. The van der Waals surface area contributed by atoms with Crippen LogP contribution < -0.4 is 5.73 Å². The molecule has 0 fully saturated rings. The molecule has 2 N–H and O–H groups in total. The highest BCUT2D eigenvalue weighted by atomic mass is 16.5. The lowest BCUT2D eigenvalue weighted by Crippen LogP contribution is -2.36. The van der Waals surface area contributed by atoms with Gasteiger partial charge in [-0.15, -0.1) is 0 Å². The predicted octanol–water partition coefficient (Wildman–Crippen LogP) is 4.41. The van der Waals surface area contributed by atoms with E-state index < -0.39 is 5.72 Å². The summed E-state index contributed by atoms with van der Waals surface area (Å²) in [7, 11) is 0. The van der Waals surface area contributed by atoms with Crippen molar-refractivity contribution in [2.75, 3.05) is 0 Å². The zero-order chi connectivity index (χ0) is 14.6. The van der Waals surface area contributed by atoms with Crippen LogP contribution in [0, 0.1) is 0 Å². The Labute approximate surface area is 122 Å². The molecule has 2 heteroatoms. The van der Waals surface area contributed by atoms with Gasteiger partial charge in [0.2, 0.25) is 0 Å². The van der Waals surface area contributed by atoms with Crippen LogP contribution in [0.1, 0.15) is 51.2 Å². The molecule has 1 aliphatic heterocycles. The molecule has 108 valence electrons. The average Bonchev–Trinajstić information content (AvgIpc) is 2.74. The first kappa shape index (κ1) is 14.9. The van der Waals surface area contributed by atoms with Gasteiger partial charge in [0.05, 0.1) is 0 Å². The van der Waals surface area contributed by atoms with E-state index in [-0.39, 0.29) is 0 Å². The summed E-state index contributed by atoms with van der Waals surface area (Å²) in [5.74, 6) is 0.901. The first-order valence-electron chi connectivity index (χ1n) is 7.56. The van der Waals surface area contributed by atoms with E-state index in [9.17, 15) is 0 Å². The van der Waals surface area contributed by atoms with Crippen molar-refractivity contribution >= 4 is 5.57 Å². The second-order valence-corrected chi connectivity index (χ2v) is 5.57. The van der Waals surface area contributed by atoms with Crippen LogP contribution in [0.4, 0.5) is 0 Å². The molecule has 1 unspecified atom stereocenters. The van der Waals surface area contributed by atoms with Gasteiger partial charge in [0.15, 0.2) is 5.72 Å². The lowest BCUT2D eigenvalue weighted by molar-refractivity contribution is 0.0983. The zero-order valence-corrected chi connectivity index (χ0v) is 12.8. The van der Waals surface area contributed by atoms with Crippen molar-refractivity contribution in [3.8, 4) is 0 Å². The highest BCUT2D eigenvalue weighted by Gasteiger charge is 2.33. The van der Waals surface area contributed by atoms with Gasteiger partial charge < -0.3 is 4.74 Å². The third-order valence-electron chi connectivity index (χ3n) is 3.73. The second-order valence-electron chi connectivity index (χ2n) is 5.57. The molecule has 0 amide bonds. The van der Waals surface area contributed by atoms with Crippen LogP contribution in [0.2, 0.25) is 0 Å². The molecule has 1 heterocycles. The van der Waals surface area contributed by atoms with Crippen LogP contribution in [0.15, 0.2) is 42.2 Å². The first-order chi connectivity index (χ1) is 9.56. The summed E-state index contributed by atoms with van der Waals surface area (Å²) < 4.78 is 5.87. The zero-order valence-electron chi connectivity index (χ0n) is 12.8. The Balaban J connectivity index is 2.23. The van der Waals surface area contributed by atoms with Crippen molar-refractivity contribution in [2.45, 2.75) is 52.2 Å². The van der Waals surface area contributed by atoms with Gasteiger partial charge >= 0.3 is 0 Å². The standard InChI is InChI=1S/C18H25NO/c1-4-6-7-8-16-13-17(18(3,19)20-16)15-11-9-14(5-2)10-12-15/h8-13H,4-7,19H2,1-3H3/b16-8-. The van der Waals surface area contributed by atoms with Crippen molar-refractivity contribution in [3.05, 3.63) is 53.3 Å². The number of rotatable bonds is 5. The van der Waals surface area contributed by atoms with Crippen molar-refractivity contribution in [2.24, 2.45) is 5.73 Å². The van der Waals surface area contributed by atoms with Gasteiger partial charge in [0.25, 0.3) is 0 Å². The maximum absolute atomic E-state index is 6.29. The fourth-order valence-electron chi connectivity index (χ4n) is 2.45. The van der Waals surface area contributed by atoms with Gasteiger partial charge in [-0.25, -0.2) is 0 Å². The highest BCUT2D eigenvalue weighted by Crippen LogP contribution is 2.36. The predicted molar refractivity (Wildman–Crippen MR) is 85.1 cm³/mol. The summed E-state index contributed by atoms with van der Waals surface area (Å²) in [5.41, 5.74) is 9.10. The smallest absolute Gasteiger partial charge is 0.182 e. The van der Waals surface area contributed by atoms with E-state index >= 15 is 0 Å². The van der Waals surface area contributed by atoms with Gasteiger partial charge in [-0.05, 0) is 49.5 Å². The summed E-state index contributed by atoms with van der Waals surface area (Å²) in [6.07, 6.45) is 8.69. The maximum Gasteiger partial charge on any atom is 0.182 e. The number of ether oxygens (including phenoxy) is 1. The molecule has 0 saturated heterocycles. The first-order valence-corrected chi connectivity index (χ1v) is 7.56. The molecule has 1 aliphatic rings. The molecule has 0 spiro atoms. The third-order valence-corrected chi connectivity index (χ3v) is 3.73. The number of unbranched alkanes of at least 4 members (excludes halogenated alkanes) is 2. The Hall–Kier alpha value is -1.54. The molecule has 2 nitrogen and oxygen atoms in total. The minimum Gasteiger partial charge on any atom is -0.469 e. The minimum atomic E-state index is -0.730. The number of benzene rings is 1. The van der Waals surface area contributed by atoms with E-state index in [1.54, 1.807) is 0 Å². The van der Waals surface area contributed by atoms with E-state index in [0.717, 1.165) is 29.7 Å². The average molecular weight is 271 g/mol. The summed E-state index contributed by atoms with van der Waals surface area (Å²) in [6, 6.07) is 8.58. The van der Waals surface area contributed by atoms with Crippen LogP contribution in [0.5, 0.6) is 0 Å². The molecule has 2 rings (SSSR count). The number of nitrogens with two attached hydrogens (primary N) is 1. The molecule has 1 aromatic carbocycles. The van der Waals surface area contributed by atoms with Gasteiger partial charge in [-0.2, -0.15) is 0 Å². The van der Waals surface area contributed by atoms with E-state index in [0.29, 0.717) is 0 Å². The van der Waals surface area contributed by atoms with Crippen LogP contribution in [-0.4, -0.2) is 5.72 Å². The summed E-state index contributed by atoms with van der Waals surface area (Å²) in [4.78, 5) is 0. The Morgan fingerprint density at radius 1 is 1.20 bits per heavy atom. The molecule has 20 heavy (non-hydrogen) atoms. The lowest BCUT2D eigenvalue weighted by atomic mass is 9.96. The molecule has 0 aromatic heterocycles. The molecule has 1 atom stereocenters. The van der Waals surface area contributed by atoms with Crippen LogP contribution in [0.3, 0.4) is 0 Å². The Morgan fingerprint density at radius 2 is 1.90 bits per heavy atom. The van der Waals surface area contributed by atoms with E-state index in [1.165, 1.54) is 18.4 Å². The monoisotopic (exact) mass is 271 g/mol. The third kappa shape index (κ3) is 3.31. The fraction of sp³-hybridized carbons (Fsp3) is 0.444. The number of hydrogen-bond donors (Lipinski definition) is 1. The number of allylic oxidation sites excluding steroid dienone is 2. The molecule has 0 saturated carbocycles. The van der Waals surface area contributed by atoms with Crippen molar-refractivity contribution < 1.29 is 4.74 Å². The number of hydrogen-bond acceptors (Lipinski definition) is 2. The summed E-state index contributed by atoms with van der Waals surface area (Å²) >= 11 is 0. The molecule has 0 aliphatic carbocycles. The van der Waals surface area contributed by atoms with E-state index in [4.69, 9.17) is 10.5 Å². The quantitative estimate of drug-likeness (QED) is 0.805. The Bertz CT molecular complexity index is 509. The summed E-state index contributed by atoms with van der Waals surface area (Å²) in [5, 5.41) is 0. The van der Waals surface area contributed by atoms with Gasteiger partial charge in [0.1, 0.15) is 5.76 Å². The molecular formula is C18H25NO. The van der Waals surface area contributed by atoms with Gasteiger partial charge in [-0.1, -0.05) is 44.5 Å².